The highest BCUT2D eigenvalue weighted by molar-refractivity contribution is 7.80. The Morgan fingerprint density at radius 2 is 2.29 bits per heavy atom. The van der Waals surface area contributed by atoms with Crippen LogP contribution in [-0.4, -0.2) is 23.5 Å². The van der Waals surface area contributed by atoms with Crippen molar-refractivity contribution in [1.29, 1.82) is 0 Å². The fourth-order valence-corrected chi connectivity index (χ4v) is 1.95. The Balaban J connectivity index is 1.80. The second kappa shape index (κ2) is 5.14. The Morgan fingerprint density at radius 3 is 3.00 bits per heavy atom. The van der Waals surface area contributed by atoms with Gasteiger partial charge in [-0.1, -0.05) is 30.4 Å². The number of nitrogens with two attached hydrogens (primary N) is 1. The minimum absolute atomic E-state index is 0.00250. The summed E-state index contributed by atoms with van der Waals surface area (Å²) < 4.78 is 5.68. The van der Waals surface area contributed by atoms with E-state index in [1.165, 1.54) is 5.56 Å². The molecule has 17 heavy (non-hydrogen) atoms. The van der Waals surface area contributed by atoms with E-state index in [1.807, 2.05) is 24.3 Å². The Labute approximate surface area is 105 Å². The molecule has 1 aromatic carbocycles. The maximum atomic E-state index is 11.3. The van der Waals surface area contributed by atoms with Gasteiger partial charge in [-0.3, -0.25) is 4.79 Å². The van der Waals surface area contributed by atoms with Gasteiger partial charge in [0.15, 0.2) is 0 Å². The van der Waals surface area contributed by atoms with Gasteiger partial charge in [0.2, 0.25) is 5.91 Å². The molecule has 90 valence electrons. The van der Waals surface area contributed by atoms with Crippen LogP contribution in [0.15, 0.2) is 24.3 Å². The lowest BCUT2D eigenvalue weighted by atomic mass is 10.1. The number of thiocarbonyl (C=S) groups is 1. The van der Waals surface area contributed by atoms with Gasteiger partial charge in [0.1, 0.15) is 11.9 Å². The minimum atomic E-state index is -0.156. The zero-order chi connectivity index (χ0) is 12.3. The highest BCUT2D eigenvalue weighted by Gasteiger charge is 2.22. The number of para-hydroxylation sites is 1. The number of hydrogen-bond acceptors (Lipinski definition) is 3. The molecule has 1 heterocycles. The molecule has 0 radical (unpaired) electrons. The Bertz CT molecular complexity index is 423. The summed E-state index contributed by atoms with van der Waals surface area (Å²) in [4.78, 5) is 11.6. The molecule has 1 aromatic rings. The molecule has 1 aliphatic heterocycles. The lowest BCUT2D eigenvalue weighted by Crippen LogP contribution is -2.36. The molecular weight excluding hydrogens is 236 g/mol. The number of nitrogens with one attached hydrogen (secondary N) is 1. The van der Waals surface area contributed by atoms with Gasteiger partial charge < -0.3 is 15.8 Å². The van der Waals surface area contributed by atoms with Crippen LogP contribution < -0.4 is 15.8 Å². The van der Waals surface area contributed by atoms with Crippen molar-refractivity contribution < 1.29 is 9.53 Å². The SMILES string of the molecule is NC(=S)CC(=O)NCC1Cc2ccccc2O1. The zero-order valence-electron chi connectivity index (χ0n) is 9.31. The molecule has 4 nitrogen and oxygen atoms in total. The largest absolute Gasteiger partial charge is 0.488 e. The van der Waals surface area contributed by atoms with Crippen molar-refractivity contribution in [2.45, 2.75) is 18.9 Å². The molecule has 1 aliphatic rings. The third-order valence-electron chi connectivity index (χ3n) is 2.58. The fraction of sp³-hybridized carbons (Fsp3) is 0.333. The molecule has 0 spiro atoms. The zero-order valence-corrected chi connectivity index (χ0v) is 10.1. The van der Waals surface area contributed by atoms with E-state index in [2.05, 4.69) is 17.5 Å². The first kappa shape index (κ1) is 11.9. The summed E-state index contributed by atoms with van der Waals surface area (Å²) in [5.74, 6) is 0.748. The second-order valence-electron chi connectivity index (χ2n) is 4.00. The summed E-state index contributed by atoms with van der Waals surface area (Å²) in [6, 6.07) is 7.89. The normalized spacial score (nSPS) is 17.1. The summed E-state index contributed by atoms with van der Waals surface area (Å²) in [6.45, 7) is 0.482. The average Bonchev–Trinajstić information content (AvgIpc) is 2.68. The van der Waals surface area contributed by atoms with E-state index in [4.69, 9.17) is 10.5 Å². The molecule has 0 saturated carbocycles. The first-order valence-electron chi connectivity index (χ1n) is 5.44. The van der Waals surface area contributed by atoms with Crippen LogP contribution in [0.2, 0.25) is 0 Å². The summed E-state index contributed by atoms with van der Waals surface area (Å²) >= 11 is 4.66. The summed E-state index contributed by atoms with van der Waals surface area (Å²) in [5, 5.41) is 2.76. The van der Waals surface area contributed by atoms with Crippen LogP contribution in [0.5, 0.6) is 5.75 Å². The number of carbonyl (C=O) groups excluding carboxylic acids is 1. The van der Waals surface area contributed by atoms with Crippen molar-refractivity contribution in [3.63, 3.8) is 0 Å². The van der Waals surface area contributed by atoms with Gasteiger partial charge in [0, 0.05) is 6.42 Å². The molecule has 5 heteroatoms. The van der Waals surface area contributed by atoms with Crippen LogP contribution in [0.4, 0.5) is 0 Å². The van der Waals surface area contributed by atoms with Crippen LogP contribution >= 0.6 is 12.2 Å². The van der Waals surface area contributed by atoms with Crippen molar-refractivity contribution in [2.24, 2.45) is 5.73 Å². The van der Waals surface area contributed by atoms with Crippen LogP contribution in [-0.2, 0) is 11.2 Å². The van der Waals surface area contributed by atoms with E-state index in [0.717, 1.165) is 12.2 Å². The molecule has 3 N–H and O–H groups in total. The molecule has 0 aromatic heterocycles. The average molecular weight is 250 g/mol. The summed E-state index contributed by atoms with van der Waals surface area (Å²) in [7, 11) is 0. The smallest absolute Gasteiger partial charge is 0.226 e. The molecular formula is C12H14N2O2S. The molecule has 1 amide bonds. The van der Waals surface area contributed by atoms with Gasteiger partial charge in [-0.15, -0.1) is 0 Å². The van der Waals surface area contributed by atoms with Crippen molar-refractivity contribution in [3.05, 3.63) is 29.8 Å². The molecule has 1 atom stereocenters. The van der Waals surface area contributed by atoms with Gasteiger partial charge in [0.25, 0.3) is 0 Å². The van der Waals surface area contributed by atoms with Crippen molar-refractivity contribution in [3.8, 4) is 5.75 Å². The van der Waals surface area contributed by atoms with Crippen LogP contribution in [0.3, 0.4) is 0 Å². The van der Waals surface area contributed by atoms with Crippen LogP contribution in [0.1, 0.15) is 12.0 Å². The number of benzene rings is 1. The number of carbonyl (C=O) groups is 1. The quantitative estimate of drug-likeness (QED) is 0.775. The number of hydrogen-bond donors (Lipinski definition) is 2. The van der Waals surface area contributed by atoms with Gasteiger partial charge in [-0.05, 0) is 11.6 Å². The molecule has 0 bridgehead atoms. The summed E-state index contributed by atoms with van der Waals surface area (Å²) in [6.07, 6.45) is 0.918. The van der Waals surface area contributed by atoms with E-state index in [-0.39, 0.29) is 23.4 Å². The van der Waals surface area contributed by atoms with Gasteiger partial charge in [-0.2, -0.15) is 0 Å². The first-order valence-corrected chi connectivity index (χ1v) is 5.85. The highest BCUT2D eigenvalue weighted by atomic mass is 32.1. The van der Waals surface area contributed by atoms with Crippen molar-refractivity contribution >= 4 is 23.1 Å². The monoisotopic (exact) mass is 250 g/mol. The Kier molecular flexibility index (Phi) is 3.58. The fourth-order valence-electron chi connectivity index (χ4n) is 1.82. The first-order chi connectivity index (χ1) is 8.15. The topological polar surface area (TPSA) is 64.4 Å². The number of amides is 1. The molecule has 0 fully saturated rings. The molecule has 2 rings (SSSR count). The predicted molar refractivity (Wildman–Crippen MR) is 69.0 cm³/mol. The maximum Gasteiger partial charge on any atom is 0.226 e. The standard InChI is InChI=1S/C12H14N2O2S/c13-11(17)6-12(15)14-7-9-5-8-3-1-2-4-10(8)16-9/h1-4,9H,5-7H2,(H2,13,17)(H,14,15). The van der Waals surface area contributed by atoms with E-state index in [1.54, 1.807) is 0 Å². The third kappa shape index (κ3) is 3.17. The van der Waals surface area contributed by atoms with Crippen LogP contribution in [0, 0.1) is 0 Å². The van der Waals surface area contributed by atoms with Gasteiger partial charge in [-0.25, -0.2) is 0 Å². The number of fused-ring (bicyclic) bond motifs is 1. The van der Waals surface area contributed by atoms with Crippen LogP contribution in [0.25, 0.3) is 0 Å². The van der Waals surface area contributed by atoms with Crippen molar-refractivity contribution in [2.75, 3.05) is 6.54 Å². The lowest BCUT2D eigenvalue weighted by Gasteiger charge is -2.11. The van der Waals surface area contributed by atoms with E-state index >= 15 is 0 Å². The third-order valence-corrected chi connectivity index (χ3v) is 2.72. The minimum Gasteiger partial charge on any atom is -0.488 e. The molecule has 0 aliphatic carbocycles. The number of ether oxygens (including phenoxy) is 1. The van der Waals surface area contributed by atoms with Crippen molar-refractivity contribution in [1.82, 2.24) is 5.32 Å². The Morgan fingerprint density at radius 1 is 1.53 bits per heavy atom. The van der Waals surface area contributed by atoms with E-state index < -0.39 is 0 Å². The highest BCUT2D eigenvalue weighted by Crippen LogP contribution is 2.27. The number of rotatable bonds is 4. The van der Waals surface area contributed by atoms with E-state index in [0.29, 0.717) is 6.54 Å². The predicted octanol–water partition coefficient (Wildman–Crippen LogP) is 0.782. The lowest BCUT2D eigenvalue weighted by molar-refractivity contribution is -0.120. The Hall–Kier alpha value is -1.62. The van der Waals surface area contributed by atoms with Gasteiger partial charge >= 0.3 is 0 Å². The maximum absolute atomic E-state index is 11.3. The van der Waals surface area contributed by atoms with Gasteiger partial charge in [0.05, 0.1) is 18.0 Å². The van der Waals surface area contributed by atoms with E-state index in [9.17, 15) is 4.79 Å². The molecule has 0 saturated heterocycles. The summed E-state index contributed by atoms with van der Waals surface area (Å²) in [5.41, 5.74) is 6.47. The second-order valence-corrected chi connectivity index (χ2v) is 4.52. The molecule has 1 unspecified atom stereocenters.